The second kappa shape index (κ2) is 5.50. The van der Waals surface area contributed by atoms with Gasteiger partial charge in [-0.15, -0.1) is 0 Å². The van der Waals surface area contributed by atoms with Gasteiger partial charge in [-0.3, -0.25) is 0 Å². The maximum absolute atomic E-state index is 12.9. The molecule has 1 saturated heterocycles. The Morgan fingerprint density at radius 2 is 1.91 bits per heavy atom. The molecule has 1 aromatic rings. The molecule has 3 amide bonds. The van der Waals surface area contributed by atoms with Gasteiger partial charge < -0.3 is 0 Å². The fourth-order valence-corrected chi connectivity index (χ4v) is 4.00. The average Bonchev–Trinajstić information content (AvgIpc) is 3.17. The minimum atomic E-state index is -0.866. The highest BCUT2D eigenvalue weighted by atomic mass is 16.2. The average molecular weight is 313 g/mol. The predicted molar refractivity (Wildman–Crippen MR) is 83.1 cm³/mol. The summed E-state index contributed by atoms with van der Waals surface area (Å²) < 4.78 is -0.866. The molecular formula is C16H19N5O2+. The number of imide groups is 1. The molecule has 2 aliphatic heterocycles. The number of hydrazine groups is 1. The quantitative estimate of drug-likeness (QED) is 0.806. The number of amides is 3. The zero-order valence-corrected chi connectivity index (χ0v) is 12.8. The van der Waals surface area contributed by atoms with Crippen molar-refractivity contribution in [3.05, 3.63) is 30.3 Å². The molecule has 0 bridgehead atoms. The van der Waals surface area contributed by atoms with E-state index in [1.165, 1.54) is 24.4 Å². The van der Waals surface area contributed by atoms with Crippen molar-refractivity contribution in [2.75, 3.05) is 6.54 Å². The highest BCUT2D eigenvalue weighted by molar-refractivity contribution is 5.99. The van der Waals surface area contributed by atoms with Crippen LogP contribution >= 0.6 is 0 Å². The Kier molecular flexibility index (Phi) is 3.46. The lowest BCUT2D eigenvalue weighted by atomic mass is 9.85. The molecule has 7 nitrogen and oxygen atoms in total. The number of urea groups is 1. The molecule has 1 aliphatic carbocycles. The molecule has 1 radical (unpaired) electrons. The third-order valence-electron chi connectivity index (χ3n) is 5.19. The molecule has 2 fully saturated rings. The lowest BCUT2D eigenvalue weighted by Crippen LogP contribution is -2.55. The fourth-order valence-electron chi connectivity index (χ4n) is 4.00. The molecule has 1 aromatic carbocycles. The number of fused-ring (bicyclic) bond motifs is 1. The van der Waals surface area contributed by atoms with E-state index in [4.69, 9.17) is 0 Å². The highest BCUT2D eigenvalue weighted by Crippen LogP contribution is 2.39. The van der Waals surface area contributed by atoms with Crippen molar-refractivity contribution in [2.24, 2.45) is 16.4 Å². The van der Waals surface area contributed by atoms with Crippen molar-refractivity contribution >= 4 is 18.1 Å². The molecule has 0 aromatic heterocycles. The summed E-state index contributed by atoms with van der Waals surface area (Å²) in [5.41, 5.74) is 0.457. The molecule has 3 atom stereocenters. The van der Waals surface area contributed by atoms with Gasteiger partial charge in [0.2, 0.25) is 0 Å². The normalized spacial score (nSPS) is 33.9. The van der Waals surface area contributed by atoms with Gasteiger partial charge >= 0.3 is 12.4 Å². The van der Waals surface area contributed by atoms with Gasteiger partial charge in [0.25, 0.3) is 0 Å². The van der Waals surface area contributed by atoms with Gasteiger partial charge in [0.05, 0.1) is 5.22 Å². The molecule has 2 heterocycles. The molecular weight excluding hydrogens is 294 g/mol. The standard InChI is InChI=1S/C16H19N5O2/c22-12-21(14-7-2-1-3-8-14)16(23)20(17-18-21)19-11-10-13-6-4-5-9-15(13)19/h1-3,7-8,13,15H,4-6,9-11H2/q+1. The van der Waals surface area contributed by atoms with Gasteiger partial charge in [-0.25, -0.2) is 4.79 Å². The van der Waals surface area contributed by atoms with Crippen LogP contribution in [0.4, 0.5) is 10.5 Å². The molecule has 3 unspecified atom stereocenters. The Labute approximate surface area is 134 Å². The molecule has 4 rings (SSSR count). The minimum Gasteiger partial charge on any atom is -0.211 e. The van der Waals surface area contributed by atoms with Gasteiger partial charge in [-0.1, -0.05) is 36.2 Å². The second-order valence-electron chi connectivity index (χ2n) is 6.38. The summed E-state index contributed by atoms with van der Waals surface area (Å²) >= 11 is 0. The van der Waals surface area contributed by atoms with Gasteiger partial charge in [0.1, 0.15) is 0 Å². The first-order chi connectivity index (χ1) is 11.3. The molecule has 0 spiro atoms. The van der Waals surface area contributed by atoms with Crippen molar-refractivity contribution in [1.29, 1.82) is 0 Å². The van der Waals surface area contributed by atoms with Crippen LogP contribution in [-0.2, 0) is 4.79 Å². The number of hydrogen-bond acceptors (Lipinski definition) is 5. The number of hydrogen-bond donors (Lipinski definition) is 0. The lowest BCUT2D eigenvalue weighted by Gasteiger charge is -2.33. The fraction of sp³-hybridized carbons (Fsp3) is 0.500. The van der Waals surface area contributed by atoms with Crippen LogP contribution < -0.4 is 4.59 Å². The monoisotopic (exact) mass is 313 g/mol. The molecule has 7 heteroatoms. The van der Waals surface area contributed by atoms with E-state index in [9.17, 15) is 9.59 Å². The topological polar surface area (TPSA) is 65.3 Å². The Balaban J connectivity index is 1.63. The van der Waals surface area contributed by atoms with E-state index < -0.39 is 10.6 Å². The molecule has 3 aliphatic rings. The number of quaternary nitrogens is 1. The van der Waals surface area contributed by atoms with Gasteiger partial charge in [0.15, 0.2) is 5.69 Å². The molecule has 0 N–H and O–H groups in total. The third-order valence-corrected chi connectivity index (χ3v) is 5.19. The summed E-state index contributed by atoms with van der Waals surface area (Å²) in [6.07, 6.45) is 7.56. The van der Waals surface area contributed by atoms with Crippen LogP contribution in [0.3, 0.4) is 0 Å². The first-order valence-electron chi connectivity index (χ1n) is 8.15. The lowest BCUT2D eigenvalue weighted by molar-refractivity contribution is -0.0102. The van der Waals surface area contributed by atoms with E-state index in [1.54, 1.807) is 30.7 Å². The summed E-state index contributed by atoms with van der Waals surface area (Å²) in [6.45, 7) is 0.785. The molecule has 23 heavy (non-hydrogen) atoms. The largest absolute Gasteiger partial charge is 0.497 e. The third kappa shape index (κ3) is 2.11. The van der Waals surface area contributed by atoms with Crippen molar-refractivity contribution in [3.63, 3.8) is 0 Å². The van der Waals surface area contributed by atoms with Gasteiger partial charge in [0, 0.05) is 34.5 Å². The van der Waals surface area contributed by atoms with E-state index in [2.05, 4.69) is 10.4 Å². The number of carbonyl (C=O) groups excluding carboxylic acids is 2. The van der Waals surface area contributed by atoms with Crippen molar-refractivity contribution in [2.45, 2.75) is 38.1 Å². The van der Waals surface area contributed by atoms with Crippen LogP contribution in [0.5, 0.6) is 0 Å². The number of nitrogens with zero attached hydrogens (tertiary/aromatic N) is 5. The number of benzene rings is 1. The summed E-state index contributed by atoms with van der Waals surface area (Å²) in [6, 6.07) is 8.60. The maximum Gasteiger partial charge on any atom is 0.497 e. The number of rotatable bonds is 3. The minimum absolute atomic E-state index is 0.328. The summed E-state index contributed by atoms with van der Waals surface area (Å²) in [7, 11) is 0. The van der Waals surface area contributed by atoms with Gasteiger partial charge in [-0.2, -0.15) is 9.80 Å². The van der Waals surface area contributed by atoms with E-state index in [0.29, 0.717) is 17.6 Å². The van der Waals surface area contributed by atoms with E-state index in [-0.39, 0.29) is 0 Å². The van der Waals surface area contributed by atoms with E-state index in [1.807, 2.05) is 11.1 Å². The SMILES string of the molecule is O=[C][N+]1(c2ccccc2)N=NN(N2CCC3CCCCC32)C1=O. The van der Waals surface area contributed by atoms with Crippen LogP contribution in [0, 0.1) is 5.92 Å². The smallest absolute Gasteiger partial charge is 0.211 e. The Bertz CT molecular complexity index is 649. The van der Waals surface area contributed by atoms with Crippen LogP contribution in [0.2, 0.25) is 0 Å². The van der Waals surface area contributed by atoms with E-state index >= 15 is 0 Å². The Morgan fingerprint density at radius 3 is 2.70 bits per heavy atom. The van der Waals surface area contributed by atoms with Crippen molar-refractivity contribution in [1.82, 2.24) is 14.7 Å². The zero-order valence-electron chi connectivity index (χ0n) is 12.8. The van der Waals surface area contributed by atoms with Crippen LogP contribution in [0.1, 0.15) is 32.1 Å². The highest BCUT2D eigenvalue weighted by Gasteiger charge is 2.56. The van der Waals surface area contributed by atoms with Crippen molar-refractivity contribution < 1.29 is 9.59 Å². The summed E-state index contributed by atoms with van der Waals surface area (Å²) in [5.74, 6) is 0.617. The number of para-hydroxylation sites is 1. The maximum atomic E-state index is 12.9. The van der Waals surface area contributed by atoms with Gasteiger partial charge in [-0.05, 0) is 25.2 Å². The number of carbonyl (C=O) groups is 1. The van der Waals surface area contributed by atoms with E-state index in [0.717, 1.165) is 19.4 Å². The Morgan fingerprint density at radius 1 is 1.13 bits per heavy atom. The molecule has 1 saturated carbocycles. The molecule has 119 valence electrons. The van der Waals surface area contributed by atoms with Crippen LogP contribution in [0.25, 0.3) is 0 Å². The first kappa shape index (κ1) is 14.5. The predicted octanol–water partition coefficient (Wildman–Crippen LogP) is 2.96. The summed E-state index contributed by atoms with van der Waals surface area (Å²) in [5, 5.41) is 11.3. The van der Waals surface area contributed by atoms with Crippen LogP contribution in [-0.4, -0.2) is 35.2 Å². The van der Waals surface area contributed by atoms with Crippen LogP contribution in [0.15, 0.2) is 40.8 Å². The first-order valence-corrected chi connectivity index (χ1v) is 8.15. The zero-order chi connectivity index (χ0) is 15.9. The second-order valence-corrected chi connectivity index (χ2v) is 6.38. The summed E-state index contributed by atoms with van der Waals surface area (Å²) in [4.78, 5) is 24.5. The van der Waals surface area contributed by atoms with Crippen molar-refractivity contribution in [3.8, 4) is 0 Å². The Hall–Kier alpha value is -2.12.